The zero-order valence-electron chi connectivity index (χ0n) is 11.5. The van der Waals surface area contributed by atoms with Gasteiger partial charge in [-0.15, -0.1) is 0 Å². The Balaban J connectivity index is 2.06. The van der Waals surface area contributed by atoms with E-state index in [4.69, 9.17) is 5.73 Å². The number of aromatic hydroxyl groups is 1. The van der Waals surface area contributed by atoms with Crippen molar-refractivity contribution in [3.8, 4) is 5.75 Å². The van der Waals surface area contributed by atoms with Crippen LogP contribution in [0, 0.1) is 0 Å². The quantitative estimate of drug-likeness (QED) is 0.563. The molecule has 1 saturated heterocycles. The maximum absolute atomic E-state index is 12.3. The van der Waals surface area contributed by atoms with E-state index < -0.39 is 10.0 Å². The zero-order chi connectivity index (χ0) is 14.8. The summed E-state index contributed by atoms with van der Waals surface area (Å²) in [5, 5.41) is 9.34. The van der Waals surface area contributed by atoms with Gasteiger partial charge in [0.1, 0.15) is 5.75 Å². The van der Waals surface area contributed by atoms with Crippen molar-refractivity contribution in [1.82, 2.24) is 9.62 Å². The number of piperidine rings is 1. The van der Waals surface area contributed by atoms with E-state index in [2.05, 4.69) is 16.5 Å². The molecule has 1 aliphatic heterocycles. The number of phenols is 1. The summed E-state index contributed by atoms with van der Waals surface area (Å²) in [5.41, 5.74) is 5.60. The Bertz CT molecular complexity index is 566. The second-order valence-corrected chi connectivity index (χ2v) is 6.76. The molecule has 1 fully saturated rings. The smallest absolute Gasteiger partial charge is 0.240 e. The molecule has 2 rings (SSSR count). The number of nitrogen functional groups attached to an aromatic ring is 1. The van der Waals surface area contributed by atoms with Gasteiger partial charge in [-0.1, -0.05) is 6.92 Å². The van der Waals surface area contributed by atoms with Crippen LogP contribution in [0.15, 0.2) is 23.1 Å². The number of anilines is 1. The summed E-state index contributed by atoms with van der Waals surface area (Å²) in [6.45, 7) is 4.90. The van der Waals surface area contributed by atoms with Crippen LogP contribution in [0.3, 0.4) is 0 Å². The normalized spacial score (nSPS) is 18.2. The monoisotopic (exact) mass is 299 g/mol. The summed E-state index contributed by atoms with van der Waals surface area (Å²) < 4.78 is 27.2. The highest BCUT2D eigenvalue weighted by Crippen LogP contribution is 2.23. The van der Waals surface area contributed by atoms with Crippen LogP contribution >= 0.6 is 0 Å². The lowest BCUT2D eigenvalue weighted by molar-refractivity contribution is 0.217. The molecule has 4 N–H and O–H groups in total. The van der Waals surface area contributed by atoms with E-state index >= 15 is 0 Å². The van der Waals surface area contributed by atoms with Crippen molar-refractivity contribution in [2.75, 3.05) is 25.4 Å². The fraction of sp³-hybridized carbons (Fsp3) is 0.538. The first kappa shape index (κ1) is 15.1. The largest absolute Gasteiger partial charge is 0.506 e. The summed E-state index contributed by atoms with van der Waals surface area (Å²) in [7, 11) is -3.58. The van der Waals surface area contributed by atoms with Crippen LogP contribution in [0.1, 0.15) is 19.8 Å². The molecule has 0 amide bonds. The van der Waals surface area contributed by atoms with E-state index in [1.54, 1.807) is 0 Å². The predicted molar refractivity (Wildman–Crippen MR) is 78.0 cm³/mol. The Morgan fingerprint density at radius 2 is 2.05 bits per heavy atom. The number of nitrogens with one attached hydrogen (secondary N) is 1. The highest BCUT2D eigenvalue weighted by atomic mass is 32.2. The molecule has 0 aliphatic carbocycles. The first-order chi connectivity index (χ1) is 9.42. The van der Waals surface area contributed by atoms with Crippen molar-refractivity contribution in [1.29, 1.82) is 0 Å². The van der Waals surface area contributed by atoms with Crippen LogP contribution in [0.4, 0.5) is 5.69 Å². The van der Waals surface area contributed by atoms with Gasteiger partial charge in [0.15, 0.2) is 0 Å². The fourth-order valence-corrected chi connectivity index (χ4v) is 3.69. The molecule has 0 atom stereocenters. The maximum Gasteiger partial charge on any atom is 0.240 e. The lowest BCUT2D eigenvalue weighted by atomic mass is 10.1. The van der Waals surface area contributed by atoms with Crippen LogP contribution in [0.2, 0.25) is 0 Å². The Morgan fingerprint density at radius 3 is 2.60 bits per heavy atom. The Labute approximate surface area is 119 Å². The lowest BCUT2D eigenvalue weighted by Gasteiger charge is -2.31. The fourth-order valence-electron chi connectivity index (χ4n) is 2.35. The molecule has 0 aromatic heterocycles. The summed E-state index contributed by atoms with van der Waals surface area (Å²) in [6.07, 6.45) is 1.61. The standard InChI is InChI=1S/C13H21N3O3S/c1-2-16-7-5-10(6-8-16)15-20(18,19)11-3-4-13(17)12(14)9-11/h3-4,9-10,15,17H,2,5-8,14H2,1H3. The number of hydrogen-bond donors (Lipinski definition) is 3. The van der Waals surface area contributed by atoms with Gasteiger partial charge in [-0.2, -0.15) is 0 Å². The Hall–Kier alpha value is -1.31. The van der Waals surface area contributed by atoms with E-state index in [-0.39, 0.29) is 22.4 Å². The minimum absolute atomic E-state index is 0.0437. The van der Waals surface area contributed by atoms with Crippen molar-refractivity contribution >= 4 is 15.7 Å². The Morgan fingerprint density at radius 1 is 1.40 bits per heavy atom. The number of rotatable bonds is 4. The van der Waals surface area contributed by atoms with E-state index in [0.29, 0.717) is 0 Å². The molecular weight excluding hydrogens is 278 g/mol. The van der Waals surface area contributed by atoms with Gasteiger partial charge in [0, 0.05) is 6.04 Å². The van der Waals surface area contributed by atoms with Crippen LogP contribution in [0.25, 0.3) is 0 Å². The number of likely N-dealkylation sites (tertiary alicyclic amines) is 1. The van der Waals surface area contributed by atoms with Gasteiger partial charge in [0.05, 0.1) is 10.6 Å². The van der Waals surface area contributed by atoms with Crippen molar-refractivity contribution in [3.63, 3.8) is 0 Å². The van der Waals surface area contributed by atoms with Gasteiger partial charge in [-0.25, -0.2) is 13.1 Å². The molecule has 0 saturated carbocycles. The number of nitrogens with two attached hydrogens (primary N) is 1. The first-order valence-corrected chi connectivity index (χ1v) is 8.24. The topological polar surface area (TPSA) is 95.7 Å². The molecule has 1 aromatic carbocycles. The van der Waals surface area contributed by atoms with Crippen molar-refractivity contribution in [2.45, 2.75) is 30.7 Å². The van der Waals surface area contributed by atoms with Crippen LogP contribution in [0.5, 0.6) is 5.75 Å². The molecule has 0 unspecified atom stereocenters. The predicted octanol–water partition coefficient (Wildman–Crippen LogP) is 0.737. The minimum atomic E-state index is -3.58. The number of hydrogen-bond acceptors (Lipinski definition) is 5. The minimum Gasteiger partial charge on any atom is -0.506 e. The molecular formula is C13H21N3O3S. The number of phenolic OH excluding ortho intramolecular Hbond substituents is 1. The molecule has 0 spiro atoms. The average Bonchev–Trinajstić information content (AvgIpc) is 2.42. The molecule has 112 valence electrons. The van der Waals surface area contributed by atoms with E-state index in [1.165, 1.54) is 18.2 Å². The van der Waals surface area contributed by atoms with Crippen LogP contribution in [-0.2, 0) is 10.0 Å². The van der Waals surface area contributed by atoms with E-state index in [9.17, 15) is 13.5 Å². The molecule has 0 radical (unpaired) electrons. The highest BCUT2D eigenvalue weighted by Gasteiger charge is 2.24. The van der Waals surface area contributed by atoms with Crippen molar-refractivity contribution < 1.29 is 13.5 Å². The first-order valence-electron chi connectivity index (χ1n) is 6.75. The summed E-state index contributed by atoms with van der Waals surface area (Å²) in [6, 6.07) is 3.88. The summed E-state index contributed by atoms with van der Waals surface area (Å²) in [5.74, 6) is -0.111. The van der Waals surface area contributed by atoms with E-state index in [0.717, 1.165) is 32.5 Å². The zero-order valence-corrected chi connectivity index (χ0v) is 12.4. The Kier molecular flexibility index (Phi) is 4.52. The van der Waals surface area contributed by atoms with Gasteiger partial charge in [0.25, 0.3) is 0 Å². The van der Waals surface area contributed by atoms with Crippen LogP contribution < -0.4 is 10.5 Å². The third-order valence-corrected chi connectivity index (χ3v) is 5.18. The van der Waals surface area contributed by atoms with E-state index in [1.807, 2.05) is 0 Å². The lowest BCUT2D eigenvalue weighted by Crippen LogP contribution is -2.44. The van der Waals surface area contributed by atoms with Gasteiger partial charge in [0.2, 0.25) is 10.0 Å². The number of benzene rings is 1. The molecule has 7 heteroatoms. The number of sulfonamides is 1. The third kappa shape index (κ3) is 3.41. The second-order valence-electron chi connectivity index (χ2n) is 5.05. The summed E-state index contributed by atoms with van der Waals surface area (Å²) in [4.78, 5) is 2.38. The average molecular weight is 299 g/mol. The molecule has 0 bridgehead atoms. The second kappa shape index (κ2) is 5.99. The third-order valence-electron chi connectivity index (χ3n) is 3.67. The van der Waals surface area contributed by atoms with Crippen molar-refractivity contribution in [2.24, 2.45) is 0 Å². The maximum atomic E-state index is 12.3. The van der Waals surface area contributed by atoms with Gasteiger partial charge in [-0.3, -0.25) is 0 Å². The van der Waals surface area contributed by atoms with Gasteiger partial charge >= 0.3 is 0 Å². The highest BCUT2D eigenvalue weighted by molar-refractivity contribution is 7.89. The van der Waals surface area contributed by atoms with Crippen LogP contribution in [-0.4, -0.2) is 44.1 Å². The molecule has 6 nitrogen and oxygen atoms in total. The molecule has 1 aliphatic rings. The SMILES string of the molecule is CCN1CCC(NS(=O)(=O)c2ccc(O)c(N)c2)CC1. The molecule has 1 heterocycles. The molecule has 1 aromatic rings. The number of nitrogens with zero attached hydrogens (tertiary/aromatic N) is 1. The summed E-state index contributed by atoms with van der Waals surface area (Å²) >= 11 is 0. The van der Waals surface area contributed by atoms with Gasteiger partial charge in [-0.05, 0) is 50.7 Å². The molecule has 20 heavy (non-hydrogen) atoms. The van der Waals surface area contributed by atoms with Gasteiger partial charge < -0.3 is 15.7 Å². The van der Waals surface area contributed by atoms with Crippen molar-refractivity contribution in [3.05, 3.63) is 18.2 Å².